The average molecular weight is 275 g/mol. The third-order valence-electron chi connectivity index (χ3n) is 0.566. The molecule has 1 rings (SSSR count). The van der Waals surface area contributed by atoms with Crippen LogP contribution < -0.4 is 14.7 Å². The van der Waals surface area contributed by atoms with Gasteiger partial charge in [-0.15, -0.1) is 0 Å². The van der Waals surface area contributed by atoms with Gasteiger partial charge in [0.1, 0.15) is 0 Å². The minimum Gasteiger partial charge on any atom is -0.822 e. The van der Waals surface area contributed by atoms with E-state index in [2.05, 4.69) is 4.98 Å². The molecule has 0 saturated heterocycles. The number of rotatable bonds is 0. The van der Waals surface area contributed by atoms with Crippen molar-refractivity contribution in [2.75, 3.05) is 0 Å². The van der Waals surface area contributed by atoms with Crippen molar-refractivity contribution in [3.8, 4) is 0 Å². The van der Waals surface area contributed by atoms with E-state index in [1.54, 1.807) is 12.4 Å². The Bertz CT molecular complexity index is 191. The molecule has 1 aromatic rings. The molecule has 0 amide bonds. The fraction of sp³-hybridized carbons (Fsp3) is 0. The molecular formula is C5H5NO4PRu. The Morgan fingerprint density at radius 2 is 1.33 bits per heavy atom. The van der Waals surface area contributed by atoms with E-state index in [1.165, 1.54) is 0 Å². The van der Waals surface area contributed by atoms with E-state index in [0.717, 1.165) is 0 Å². The smallest absolute Gasteiger partial charge is 0.822 e. The van der Waals surface area contributed by atoms with Gasteiger partial charge in [0.2, 0.25) is 0 Å². The van der Waals surface area contributed by atoms with E-state index in [4.69, 9.17) is 19.2 Å². The quantitative estimate of drug-likeness (QED) is 0.413. The average Bonchev–Trinajstić information content (AvgIpc) is 1.88. The first-order chi connectivity index (χ1) is 5.00. The van der Waals surface area contributed by atoms with Crippen LogP contribution in [0.5, 0.6) is 0 Å². The Balaban J connectivity index is 0. The maximum atomic E-state index is 8.55. The van der Waals surface area contributed by atoms with Gasteiger partial charge in [0.25, 0.3) is 0 Å². The summed E-state index contributed by atoms with van der Waals surface area (Å²) < 4.78 is 8.55. The van der Waals surface area contributed by atoms with Gasteiger partial charge in [-0.3, -0.25) is 4.98 Å². The van der Waals surface area contributed by atoms with Crippen LogP contribution in [0.4, 0.5) is 0 Å². The molecule has 7 heteroatoms. The Labute approximate surface area is 82.5 Å². The number of phosphoric acid groups is 1. The van der Waals surface area contributed by atoms with E-state index >= 15 is 0 Å². The molecule has 0 saturated carbocycles. The summed E-state index contributed by atoms with van der Waals surface area (Å²) >= 11 is 0. The molecule has 0 aliphatic heterocycles. The molecule has 0 aliphatic rings. The number of aromatic nitrogens is 1. The van der Waals surface area contributed by atoms with Crippen LogP contribution in [-0.4, -0.2) is 4.98 Å². The third kappa shape index (κ3) is 22.5. The van der Waals surface area contributed by atoms with Crippen LogP contribution in [0.25, 0.3) is 0 Å². The predicted octanol–water partition coefficient (Wildman–Crippen LogP) is -1.75. The minimum atomic E-state index is -5.39. The Kier molecular flexibility index (Phi) is 9.04. The van der Waals surface area contributed by atoms with Gasteiger partial charge in [0.05, 0.1) is 0 Å². The zero-order chi connectivity index (χ0) is 8.74. The Morgan fingerprint density at radius 3 is 1.42 bits per heavy atom. The van der Waals surface area contributed by atoms with Crippen LogP contribution in [0, 0.1) is 0 Å². The van der Waals surface area contributed by atoms with Gasteiger partial charge in [-0.05, 0) is 12.1 Å². The summed E-state index contributed by atoms with van der Waals surface area (Å²) in [7, 11) is -5.39. The molecule has 12 heavy (non-hydrogen) atoms. The van der Waals surface area contributed by atoms with Gasteiger partial charge >= 0.3 is 19.5 Å². The SMILES string of the molecule is O=P([O-])([O-])[O-].[Ru+3].c1ccncc1. The monoisotopic (exact) mass is 276 g/mol. The topological polar surface area (TPSA) is 99.1 Å². The first-order valence-corrected chi connectivity index (χ1v) is 4.04. The van der Waals surface area contributed by atoms with E-state index in [1.807, 2.05) is 18.2 Å². The predicted molar refractivity (Wildman–Crippen MR) is 31.8 cm³/mol. The largest absolute Gasteiger partial charge is 3.00 e. The molecule has 0 aromatic carbocycles. The summed E-state index contributed by atoms with van der Waals surface area (Å²) in [6, 6.07) is 5.72. The normalized spacial score (nSPS) is 8.92. The molecule has 67 valence electrons. The van der Waals surface area contributed by atoms with E-state index < -0.39 is 7.82 Å². The van der Waals surface area contributed by atoms with Gasteiger partial charge in [-0.25, -0.2) is 0 Å². The molecule has 0 aliphatic carbocycles. The van der Waals surface area contributed by atoms with E-state index in [-0.39, 0.29) is 19.5 Å². The van der Waals surface area contributed by atoms with E-state index in [9.17, 15) is 0 Å². The van der Waals surface area contributed by atoms with Gasteiger partial charge < -0.3 is 19.2 Å². The molecule has 1 radical (unpaired) electrons. The summed E-state index contributed by atoms with van der Waals surface area (Å²) in [4.78, 5) is 29.4. The maximum absolute atomic E-state index is 8.55. The van der Waals surface area contributed by atoms with Gasteiger partial charge in [0, 0.05) is 12.4 Å². The first kappa shape index (κ1) is 14.4. The summed E-state index contributed by atoms with van der Waals surface area (Å²) in [6.45, 7) is 0. The Morgan fingerprint density at radius 1 is 1.00 bits per heavy atom. The van der Waals surface area contributed by atoms with Crippen molar-refractivity contribution in [2.45, 2.75) is 0 Å². The van der Waals surface area contributed by atoms with Crippen LogP contribution in [0.1, 0.15) is 0 Å². The van der Waals surface area contributed by atoms with Crippen LogP contribution in [0.15, 0.2) is 30.6 Å². The summed E-state index contributed by atoms with van der Waals surface area (Å²) in [5.41, 5.74) is 0. The number of nitrogens with zero attached hydrogens (tertiary/aromatic N) is 1. The summed E-state index contributed by atoms with van der Waals surface area (Å²) in [5.74, 6) is 0. The van der Waals surface area contributed by atoms with Gasteiger partial charge in [-0.1, -0.05) is 6.07 Å². The summed E-state index contributed by atoms with van der Waals surface area (Å²) in [6.07, 6.45) is 3.50. The molecule has 1 aromatic heterocycles. The maximum Gasteiger partial charge on any atom is 3.00 e. The fourth-order valence-electron chi connectivity index (χ4n) is 0.313. The molecule has 0 atom stereocenters. The fourth-order valence-corrected chi connectivity index (χ4v) is 0.313. The zero-order valence-electron chi connectivity index (χ0n) is 5.77. The van der Waals surface area contributed by atoms with Crippen molar-refractivity contribution in [2.24, 2.45) is 0 Å². The van der Waals surface area contributed by atoms with Crippen molar-refractivity contribution in [3.63, 3.8) is 0 Å². The molecule has 1 heterocycles. The summed E-state index contributed by atoms with van der Waals surface area (Å²) in [5, 5.41) is 0. The van der Waals surface area contributed by atoms with Crippen molar-refractivity contribution in [3.05, 3.63) is 30.6 Å². The molecular weight excluding hydrogens is 270 g/mol. The minimum absolute atomic E-state index is 0. The standard InChI is InChI=1S/C5H5N.H3O4P.Ru/c1-2-4-6-5-3-1;1-5(2,3)4;/h1-5H;(H3,1,2,3,4);/q;;+3/p-3. The van der Waals surface area contributed by atoms with Gasteiger partial charge in [-0.2, -0.15) is 7.82 Å². The number of hydrogen-bond acceptors (Lipinski definition) is 5. The number of pyridine rings is 1. The zero-order valence-corrected chi connectivity index (χ0v) is 8.40. The first-order valence-electron chi connectivity index (χ1n) is 2.58. The molecule has 0 bridgehead atoms. The second-order valence-electron chi connectivity index (χ2n) is 1.47. The molecule has 0 spiro atoms. The Hall–Kier alpha value is -0.117. The number of hydrogen-bond donors (Lipinski definition) is 0. The molecule has 0 N–H and O–H groups in total. The molecule has 0 unspecified atom stereocenters. The van der Waals surface area contributed by atoms with Gasteiger partial charge in [0.15, 0.2) is 0 Å². The third-order valence-corrected chi connectivity index (χ3v) is 0.566. The molecule has 0 fully saturated rings. The molecule has 5 nitrogen and oxygen atoms in total. The van der Waals surface area contributed by atoms with Crippen LogP contribution in [0.3, 0.4) is 0 Å². The van der Waals surface area contributed by atoms with E-state index in [0.29, 0.717) is 0 Å². The van der Waals surface area contributed by atoms with Crippen molar-refractivity contribution in [1.82, 2.24) is 4.98 Å². The van der Waals surface area contributed by atoms with Crippen molar-refractivity contribution >= 4 is 7.82 Å². The second-order valence-corrected chi connectivity index (χ2v) is 2.37. The van der Waals surface area contributed by atoms with Crippen molar-refractivity contribution < 1.29 is 38.7 Å². The van der Waals surface area contributed by atoms with Crippen molar-refractivity contribution in [1.29, 1.82) is 0 Å². The van der Waals surface area contributed by atoms with Crippen LogP contribution in [0.2, 0.25) is 0 Å². The second kappa shape index (κ2) is 7.53. The van der Waals surface area contributed by atoms with Crippen LogP contribution >= 0.6 is 7.82 Å². The van der Waals surface area contributed by atoms with Crippen LogP contribution in [-0.2, 0) is 24.0 Å².